The van der Waals surface area contributed by atoms with Gasteiger partial charge in [0.05, 0.1) is 0 Å². The summed E-state index contributed by atoms with van der Waals surface area (Å²) in [5.41, 5.74) is 0.560. The number of carbonyl (C=O) groups excluding carboxylic acids is 3. The zero-order valence-electron chi connectivity index (χ0n) is 25.3. The molecule has 0 spiro atoms. The summed E-state index contributed by atoms with van der Waals surface area (Å²) < 4.78 is 19.1. The monoisotopic (exact) mass is 591 g/mol. The Kier molecular flexibility index (Phi) is 10.3. The van der Waals surface area contributed by atoms with Gasteiger partial charge in [-0.25, -0.2) is 4.79 Å². The van der Waals surface area contributed by atoms with Gasteiger partial charge in [0, 0.05) is 29.2 Å². The predicted molar refractivity (Wildman–Crippen MR) is 163 cm³/mol. The van der Waals surface area contributed by atoms with Gasteiger partial charge >= 0.3 is 14.6 Å². The fourth-order valence-electron chi connectivity index (χ4n) is 4.11. The van der Waals surface area contributed by atoms with E-state index in [1.807, 2.05) is 0 Å². The Morgan fingerprint density at radius 1 is 0.846 bits per heavy atom. The molecule has 0 radical (unpaired) electrons. The summed E-state index contributed by atoms with van der Waals surface area (Å²) in [6.07, 6.45) is 1.36. The van der Waals surface area contributed by atoms with Crippen LogP contribution >= 0.6 is 0 Å². The van der Waals surface area contributed by atoms with E-state index >= 15 is 0 Å². The molecule has 1 aromatic rings. The second-order valence-corrected chi connectivity index (χ2v) is 25.0. The van der Waals surface area contributed by atoms with Gasteiger partial charge < -0.3 is 18.3 Å². The van der Waals surface area contributed by atoms with E-state index in [9.17, 15) is 14.4 Å². The van der Waals surface area contributed by atoms with E-state index in [0.29, 0.717) is 11.4 Å². The minimum atomic E-state index is -2.68. The quantitative estimate of drug-likeness (QED) is 0.185. The van der Waals surface area contributed by atoms with Crippen LogP contribution in [0.1, 0.15) is 27.7 Å². The Labute approximate surface area is 236 Å². The highest BCUT2D eigenvalue weighted by molar-refractivity contribution is 6.91. The Morgan fingerprint density at radius 3 is 1.67 bits per heavy atom. The molecule has 1 N–H and O–H groups in total. The van der Waals surface area contributed by atoms with Crippen LogP contribution < -0.4 is 10.1 Å². The van der Waals surface area contributed by atoms with Crippen molar-refractivity contribution in [3.8, 4) is 5.75 Å². The number of hydrogen-bond donors (Lipinski definition) is 1. The number of imide groups is 2. The first-order valence-electron chi connectivity index (χ1n) is 13.2. The fourth-order valence-corrected chi connectivity index (χ4v) is 15.5. The molecule has 9 nitrogen and oxygen atoms in total. The van der Waals surface area contributed by atoms with Crippen LogP contribution in [-0.4, -0.2) is 71.5 Å². The second kappa shape index (κ2) is 12.3. The van der Waals surface area contributed by atoms with Gasteiger partial charge in [0.25, 0.3) is 11.8 Å². The lowest BCUT2D eigenvalue weighted by Gasteiger charge is -2.39. The molecule has 0 saturated carbocycles. The van der Waals surface area contributed by atoms with Gasteiger partial charge in [0.15, 0.2) is 16.6 Å². The van der Waals surface area contributed by atoms with Gasteiger partial charge in [0.2, 0.25) is 0 Å². The van der Waals surface area contributed by atoms with Crippen molar-refractivity contribution in [3.63, 3.8) is 0 Å². The molecular weight excluding hydrogens is 547 g/mol. The minimum absolute atomic E-state index is 0.0948. The fraction of sp³-hybridized carbons (Fsp3) is 0.519. The van der Waals surface area contributed by atoms with Crippen molar-refractivity contribution in [1.82, 2.24) is 9.80 Å². The average molecular weight is 592 g/mol. The number of ether oxygens (including phenoxy) is 1. The number of hydrogen-bond acceptors (Lipinski definition) is 7. The molecular formula is C27H45N3O6Si3. The summed E-state index contributed by atoms with van der Waals surface area (Å²) in [6.45, 7) is 26.4. The number of urea groups is 1. The van der Waals surface area contributed by atoms with E-state index < -0.39 is 43.0 Å². The summed E-state index contributed by atoms with van der Waals surface area (Å²) in [5, 5.41) is 3.85. The molecule has 1 aromatic carbocycles. The summed E-state index contributed by atoms with van der Waals surface area (Å²) in [5.74, 6) is -0.591. The van der Waals surface area contributed by atoms with Crippen molar-refractivity contribution in [2.45, 2.75) is 85.6 Å². The second-order valence-electron chi connectivity index (χ2n) is 12.3. The topological polar surface area (TPSA) is 97.4 Å². The predicted octanol–water partition coefficient (Wildman–Crippen LogP) is 5.84. The summed E-state index contributed by atoms with van der Waals surface area (Å²) in [4.78, 5) is 40.8. The maximum absolute atomic E-state index is 12.9. The van der Waals surface area contributed by atoms with Crippen molar-refractivity contribution >= 4 is 48.7 Å². The normalized spacial score (nSPS) is 15.4. The van der Waals surface area contributed by atoms with Crippen LogP contribution in [0.15, 0.2) is 47.8 Å². The number of amides is 4. The third kappa shape index (κ3) is 8.73. The highest BCUT2D eigenvalue weighted by Gasteiger charge is 2.45. The molecule has 1 fully saturated rings. The number of nitrogens with one attached hydrogen (secondary N) is 1. The highest BCUT2D eigenvalue weighted by Crippen LogP contribution is 2.27. The van der Waals surface area contributed by atoms with Crippen LogP contribution in [0.3, 0.4) is 0 Å². The molecule has 0 bridgehead atoms. The molecule has 0 atom stereocenters. The van der Waals surface area contributed by atoms with Gasteiger partial charge in [0.1, 0.15) is 17.9 Å². The summed E-state index contributed by atoms with van der Waals surface area (Å²) >= 11 is 0. The lowest BCUT2D eigenvalue weighted by molar-refractivity contribution is -0.137. The maximum atomic E-state index is 12.9. The van der Waals surface area contributed by atoms with E-state index in [1.54, 1.807) is 52.0 Å². The van der Waals surface area contributed by atoms with Crippen molar-refractivity contribution in [1.29, 1.82) is 0 Å². The first kappa shape index (κ1) is 32.7. The van der Waals surface area contributed by atoms with Crippen LogP contribution in [0.25, 0.3) is 0 Å². The number of rotatable bonds is 12. The Morgan fingerprint density at radius 2 is 1.28 bits per heavy atom. The molecule has 2 rings (SSSR count). The van der Waals surface area contributed by atoms with E-state index in [-0.39, 0.29) is 24.3 Å². The van der Waals surface area contributed by atoms with Crippen LogP contribution in [0.4, 0.5) is 10.5 Å². The standard InChI is InChI=1S/C27H45N3O6Si3/c1-19(2)29-25(31)24(26(32)30(20(3)4)27(29)33)17-28-22-13-15-23(16-14-22)34-18-21(5)39(12,35-37(6,7)8)36-38(9,10)11/h13-17,19-20,28H,5,18H2,1-4,6-12H3. The lowest BCUT2D eigenvalue weighted by atomic mass is 10.1. The molecule has 1 heterocycles. The Balaban J connectivity index is 2.14. The van der Waals surface area contributed by atoms with Crippen molar-refractivity contribution in [2.75, 3.05) is 11.9 Å². The third-order valence-corrected chi connectivity index (χ3v) is 15.1. The van der Waals surface area contributed by atoms with Gasteiger partial charge in [-0.05, 0) is 97.8 Å². The van der Waals surface area contributed by atoms with E-state index in [4.69, 9.17) is 13.0 Å². The zero-order chi connectivity index (χ0) is 29.9. The van der Waals surface area contributed by atoms with Gasteiger partial charge in [-0.3, -0.25) is 19.4 Å². The molecule has 1 saturated heterocycles. The highest BCUT2D eigenvalue weighted by atomic mass is 28.5. The van der Waals surface area contributed by atoms with Crippen molar-refractivity contribution in [3.05, 3.63) is 47.8 Å². The molecule has 1 aliphatic heterocycles. The van der Waals surface area contributed by atoms with E-state index in [0.717, 1.165) is 15.0 Å². The molecule has 0 aliphatic carbocycles. The minimum Gasteiger partial charge on any atom is -0.489 e. The maximum Gasteiger partial charge on any atom is 0.347 e. The van der Waals surface area contributed by atoms with Crippen molar-refractivity contribution < 1.29 is 27.4 Å². The summed E-state index contributed by atoms with van der Waals surface area (Å²) in [7, 11) is -6.43. The molecule has 4 amide bonds. The smallest absolute Gasteiger partial charge is 0.347 e. The Hall–Kier alpha value is -2.52. The number of benzene rings is 1. The molecule has 12 heteroatoms. The molecule has 0 unspecified atom stereocenters. The van der Waals surface area contributed by atoms with Crippen LogP contribution in [-0.2, 0) is 17.8 Å². The molecule has 1 aliphatic rings. The first-order valence-corrected chi connectivity index (χ1v) is 22.4. The van der Waals surface area contributed by atoms with E-state index in [2.05, 4.69) is 57.7 Å². The first-order chi connectivity index (χ1) is 17.8. The van der Waals surface area contributed by atoms with Crippen LogP contribution in [0, 0.1) is 0 Å². The molecule has 39 heavy (non-hydrogen) atoms. The van der Waals surface area contributed by atoms with Crippen LogP contribution in [0.5, 0.6) is 5.75 Å². The molecule has 216 valence electrons. The number of nitrogens with zero attached hydrogens (tertiary/aromatic N) is 2. The van der Waals surface area contributed by atoms with Gasteiger partial charge in [-0.2, -0.15) is 0 Å². The van der Waals surface area contributed by atoms with Gasteiger partial charge in [-0.1, -0.05) is 6.58 Å². The largest absolute Gasteiger partial charge is 0.489 e. The lowest BCUT2D eigenvalue weighted by Crippen LogP contribution is -2.60. The van der Waals surface area contributed by atoms with Crippen LogP contribution in [0.2, 0.25) is 45.8 Å². The zero-order valence-corrected chi connectivity index (χ0v) is 28.3. The van der Waals surface area contributed by atoms with Crippen molar-refractivity contribution in [2.24, 2.45) is 0 Å². The van der Waals surface area contributed by atoms with E-state index in [1.165, 1.54) is 6.20 Å². The SMILES string of the molecule is C=C(COc1ccc(NC=C2C(=O)N(C(C)C)C(=O)N(C(C)C)C2=O)cc1)[Si](C)(O[Si](C)(C)C)O[Si](C)(C)C. The number of anilines is 1. The average Bonchev–Trinajstić information content (AvgIpc) is 2.74. The Bertz CT molecular complexity index is 1070. The summed E-state index contributed by atoms with van der Waals surface area (Å²) in [6, 6.07) is 5.79. The third-order valence-electron chi connectivity index (χ3n) is 5.64. The number of barbiturate groups is 1. The molecule has 0 aromatic heterocycles. The number of carbonyl (C=O) groups is 3. The van der Waals surface area contributed by atoms with Gasteiger partial charge in [-0.15, -0.1) is 0 Å².